The Morgan fingerprint density at radius 3 is 2.70 bits per heavy atom. The number of halogens is 1. The van der Waals surface area contributed by atoms with E-state index >= 15 is 0 Å². The molecule has 0 radical (unpaired) electrons. The van der Waals surface area contributed by atoms with Crippen LogP contribution >= 0.6 is 0 Å². The first-order valence-electron chi connectivity index (χ1n) is 10.1. The Morgan fingerprint density at radius 1 is 1.18 bits per heavy atom. The van der Waals surface area contributed by atoms with Gasteiger partial charge in [-0.3, -0.25) is 9.59 Å². The Kier molecular flexibility index (Phi) is 4.68. The minimum absolute atomic E-state index is 0.0183. The lowest BCUT2D eigenvalue weighted by atomic mass is 9.98. The number of benzene rings is 2. The van der Waals surface area contributed by atoms with Crippen molar-refractivity contribution in [3.8, 4) is 22.6 Å². The van der Waals surface area contributed by atoms with Crippen LogP contribution in [0.5, 0.6) is 0 Å². The molecule has 9 nitrogen and oxygen atoms in total. The maximum Gasteiger partial charge on any atom is 0.268 e. The van der Waals surface area contributed by atoms with Crippen molar-refractivity contribution in [2.45, 2.75) is 12.0 Å². The molecule has 1 aliphatic rings. The number of primary amides is 1. The van der Waals surface area contributed by atoms with Crippen LogP contribution in [-0.4, -0.2) is 50.5 Å². The van der Waals surface area contributed by atoms with E-state index in [1.54, 1.807) is 31.3 Å². The third kappa shape index (κ3) is 3.40. The minimum atomic E-state index is -1.75. The molecule has 4 aromatic rings. The van der Waals surface area contributed by atoms with E-state index < -0.39 is 23.2 Å². The lowest BCUT2D eigenvalue weighted by Gasteiger charge is -2.16. The summed E-state index contributed by atoms with van der Waals surface area (Å²) in [5, 5.41) is 15.1. The number of aromatic nitrogens is 3. The summed E-state index contributed by atoms with van der Waals surface area (Å²) >= 11 is 0. The molecule has 1 aliphatic heterocycles. The number of nitrogens with zero attached hydrogens (tertiary/aromatic N) is 4. The molecule has 166 valence electrons. The van der Waals surface area contributed by atoms with Crippen LogP contribution in [0.15, 0.2) is 53.1 Å². The fourth-order valence-electron chi connectivity index (χ4n) is 3.93. The van der Waals surface area contributed by atoms with Gasteiger partial charge in [0.2, 0.25) is 5.60 Å². The van der Waals surface area contributed by atoms with Crippen molar-refractivity contribution in [3.63, 3.8) is 0 Å². The number of nitrogens with two attached hydrogens (primary N) is 1. The SMILES string of the molecule is CN1CCC(O)(c2cc(-c3cccc(-c4nc(C(N)=O)c5ccc(F)cc5n4)c3)no2)C1=O. The van der Waals surface area contributed by atoms with Crippen molar-refractivity contribution in [3.05, 3.63) is 65.8 Å². The molecule has 33 heavy (non-hydrogen) atoms. The van der Waals surface area contributed by atoms with Gasteiger partial charge in [-0.05, 0) is 18.2 Å². The van der Waals surface area contributed by atoms with Gasteiger partial charge in [0.15, 0.2) is 11.6 Å². The molecular weight excluding hydrogens is 429 g/mol. The fraction of sp³-hybridized carbons (Fsp3) is 0.174. The molecule has 1 saturated heterocycles. The third-order valence-corrected chi connectivity index (χ3v) is 5.74. The number of fused-ring (bicyclic) bond motifs is 1. The van der Waals surface area contributed by atoms with Gasteiger partial charge < -0.3 is 20.3 Å². The monoisotopic (exact) mass is 447 g/mol. The number of likely N-dealkylation sites (N-methyl/N-ethyl adjacent to an activating group) is 1. The Hall–Kier alpha value is -4.18. The molecule has 5 rings (SSSR count). The van der Waals surface area contributed by atoms with E-state index in [1.165, 1.54) is 29.2 Å². The Balaban J connectivity index is 1.56. The quantitative estimate of drug-likeness (QED) is 0.490. The summed E-state index contributed by atoms with van der Waals surface area (Å²) in [6, 6.07) is 12.3. The second kappa shape index (κ2) is 7.45. The Bertz CT molecular complexity index is 1440. The summed E-state index contributed by atoms with van der Waals surface area (Å²) in [7, 11) is 1.61. The topological polar surface area (TPSA) is 135 Å². The Labute approximate surface area is 186 Å². The van der Waals surface area contributed by atoms with Crippen LogP contribution in [0.4, 0.5) is 4.39 Å². The van der Waals surface area contributed by atoms with Gasteiger partial charge in [-0.2, -0.15) is 0 Å². The number of amides is 2. The largest absolute Gasteiger partial charge is 0.373 e. The molecule has 0 spiro atoms. The van der Waals surface area contributed by atoms with E-state index in [1.807, 2.05) is 0 Å². The highest BCUT2D eigenvalue weighted by atomic mass is 19.1. The average Bonchev–Trinajstić information content (AvgIpc) is 3.40. The predicted octanol–water partition coefficient (Wildman–Crippen LogP) is 2.24. The first kappa shape index (κ1) is 20.7. The molecule has 0 aliphatic carbocycles. The predicted molar refractivity (Wildman–Crippen MR) is 115 cm³/mol. The summed E-state index contributed by atoms with van der Waals surface area (Å²) in [5.41, 5.74) is 5.48. The molecule has 2 aromatic heterocycles. The van der Waals surface area contributed by atoms with E-state index in [4.69, 9.17) is 10.3 Å². The zero-order chi connectivity index (χ0) is 23.3. The number of carbonyl (C=O) groups excluding carboxylic acids is 2. The molecule has 2 amide bonds. The van der Waals surface area contributed by atoms with Crippen LogP contribution in [0.25, 0.3) is 33.5 Å². The van der Waals surface area contributed by atoms with E-state index in [9.17, 15) is 19.1 Å². The second-order valence-electron chi connectivity index (χ2n) is 7.92. The van der Waals surface area contributed by atoms with Crippen LogP contribution in [0, 0.1) is 5.82 Å². The standard InChI is InChI=1S/C23H18FN5O4/c1-29-8-7-23(32,22(29)31)18-11-16(28-33-18)12-3-2-4-13(9-12)21-26-17-10-14(24)5-6-15(17)19(27-21)20(25)30/h2-6,9-11,32H,7-8H2,1H3,(H2,25,30). The van der Waals surface area contributed by atoms with E-state index in [0.29, 0.717) is 28.8 Å². The zero-order valence-electron chi connectivity index (χ0n) is 17.4. The van der Waals surface area contributed by atoms with Gasteiger partial charge in [-0.25, -0.2) is 14.4 Å². The number of hydrogen-bond acceptors (Lipinski definition) is 7. The van der Waals surface area contributed by atoms with Gasteiger partial charge in [-0.1, -0.05) is 23.4 Å². The molecular formula is C23H18FN5O4. The first-order chi connectivity index (χ1) is 15.8. The molecule has 1 atom stereocenters. The average molecular weight is 447 g/mol. The van der Waals surface area contributed by atoms with E-state index in [2.05, 4.69) is 15.1 Å². The van der Waals surface area contributed by atoms with Crippen molar-refractivity contribution < 1.29 is 23.6 Å². The van der Waals surface area contributed by atoms with Crippen LogP contribution in [0.1, 0.15) is 22.7 Å². The summed E-state index contributed by atoms with van der Waals surface area (Å²) < 4.78 is 19.1. The number of likely N-dealkylation sites (tertiary alicyclic amines) is 1. The van der Waals surface area contributed by atoms with Crippen LogP contribution in [-0.2, 0) is 10.4 Å². The minimum Gasteiger partial charge on any atom is -0.373 e. The lowest BCUT2D eigenvalue weighted by Crippen LogP contribution is -2.35. The lowest BCUT2D eigenvalue weighted by molar-refractivity contribution is -0.144. The molecule has 0 bridgehead atoms. The summed E-state index contributed by atoms with van der Waals surface area (Å²) in [6.45, 7) is 0.406. The molecule has 3 N–H and O–H groups in total. The number of rotatable bonds is 4. The molecule has 3 heterocycles. The molecule has 2 aromatic carbocycles. The number of carbonyl (C=O) groups is 2. The smallest absolute Gasteiger partial charge is 0.268 e. The fourth-order valence-corrected chi connectivity index (χ4v) is 3.93. The van der Waals surface area contributed by atoms with Crippen molar-refractivity contribution in [2.24, 2.45) is 5.73 Å². The maximum absolute atomic E-state index is 13.8. The van der Waals surface area contributed by atoms with Crippen LogP contribution in [0.2, 0.25) is 0 Å². The first-order valence-corrected chi connectivity index (χ1v) is 10.1. The molecule has 1 fully saturated rings. The Morgan fingerprint density at radius 2 is 1.97 bits per heavy atom. The van der Waals surface area contributed by atoms with E-state index in [-0.39, 0.29) is 29.2 Å². The van der Waals surface area contributed by atoms with E-state index in [0.717, 1.165) is 0 Å². The number of aliphatic hydroxyl groups is 1. The maximum atomic E-state index is 13.8. The zero-order valence-corrected chi connectivity index (χ0v) is 17.4. The van der Waals surface area contributed by atoms with Crippen molar-refractivity contribution in [2.75, 3.05) is 13.6 Å². The normalized spacial score (nSPS) is 18.3. The number of hydrogen-bond donors (Lipinski definition) is 2. The molecule has 10 heteroatoms. The van der Waals surface area contributed by atoms with Crippen LogP contribution < -0.4 is 5.73 Å². The molecule has 0 saturated carbocycles. The van der Waals surface area contributed by atoms with Crippen molar-refractivity contribution >= 4 is 22.7 Å². The highest BCUT2D eigenvalue weighted by Crippen LogP contribution is 2.35. The highest BCUT2D eigenvalue weighted by molar-refractivity contribution is 6.04. The molecule has 1 unspecified atom stereocenters. The third-order valence-electron chi connectivity index (χ3n) is 5.74. The second-order valence-corrected chi connectivity index (χ2v) is 7.92. The van der Waals surface area contributed by atoms with Gasteiger partial charge in [-0.15, -0.1) is 0 Å². The van der Waals surface area contributed by atoms with Gasteiger partial charge in [0.25, 0.3) is 11.8 Å². The van der Waals surface area contributed by atoms with Crippen molar-refractivity contribution in [1.82, 2.24) is 20.0 Å². The summed E-state index contributed by atoms with van der Waals surface area (Å²) in [5.74, 6) is -1.47. The van der Waals surface area contributed by atoms with Gasteiger partial charge in [0.05, 0.1) is 5.52 Å². The summed E-state index contributed by atoms with van der Waals surface area (Å²) in [6.07, 6.45) is 0.203. The van der Waals surface area contributed by atoms with Crippen molar-refractivity contribution in [1.29, 1.82) is 0 Å². The van der Waals surface area contributed by atoms with Gasteiger partial charge in [0, 0.05) is 48.7 Å². The van der Waals surface area contributed by atoms with Gasteiger partial charge in [0.1, 0.15) is 17.2 Å². The van der Waals surface area contributed by atoms with Gasteiger partial charge >= 0.3 is 0 Å². The summed E-state index contributed by atoms with van der Waals surface area (Å²) in [4.78, 5) is 34.4. The van der Waals surface area contributed by atoms with Crippen LogP contribution in [0.3, 0.4) is 0 Å². The highest BCUT2D eigenvalue weighted by Gasteiger charge is 2.48.